The van der Waals surface area contributed by atoms with Crippen molar-refractivity contribution in [2.45, 2.75) is 13.3 Å². The molecular formula is C18H16Br2O2. The Kier molecular flexibility index (Phi) is 6.12. The van der Waals surface area contributed by atoms with Crippen LogP contribution in [0.1, 0.15) is 18.9 Å². The Morgan fingerprint density at radius 3 is 2.00 bits per heavy atom. The molecular weight excluding hydrogens is 408 g/mol. The molecule has 0 heterocycles. The number of allylic oxidation sites excluding steroid dienone is 2. The third kappa shape index (κ3) is 4.15. The van der Waals surface area contributed by atoms with Gasteiger partial charge in [-0.05, 0) is 57.2 Å². The Labute approximate surface area is 147 Å². The van der Waals surface area contributed by atoms with Crippen molar-refractivity contribution < 1.29 is 9.90 Å². The van der Waals surface area contributed by atoms with E-state index in [2.05, 4.69) is 44.0 Å². The van der Waals surface area contributed by atoms with Crippen LogP contribution in [-0.4, -0.2) is 17.5 Å². The highest BCUT2D eigenvalue weighted by atomic mass is 79.9. The summed E-state index contributed by atoms with van der Waals surface area (Å²) >= 11 is 6.76. The van der Waals surface area contributed by atoms with Crippen molar-refractivity contribution in [3.05, 3.63) is 63.0 Å². The van der Waals surface area contributed by atoms with Crippen LogP contribution < -0.4 is 0 Å². The van der Waals surface area contributed by atoms with Crippen LogP contribution in [0.5, 0.6) is 0 Å². The van der Waals surface area contributed by atoms with Gasteiger partial charge in [-0.3, -0.25) is 4.79 Å². The monoisotopic (exact) mass is 422 g/mol. The van der Waals surface area contributed by atoms with Crippen molar-refractivity contribution in [1.29, 1.82) is 0 Å². The first-order chi connectivity index (χ1) is 10.5. The molecule has 22 heavy (non-hydrogen) atoms. The lowest BCUT2D eigenvalue weighted by Crippen LogP contribution is -2.02. The lowest BCUT2D eigenvalue weighted by molar-refractivity contribution is -0.115. The summed E-state index contributed by atoms with van der Waals surface area (Å²) < 4.78 is 1.58. The van der Waals surface area contributed by atoms with Crippen molar-refractivity contribution in [2.24, 2.45) is 0 Å². The number of carbonyl (C=O) groups excluding carboxylic acids is 1. The average Bonchev–Trinajstić information content (AvgIpc) is 2.54. The van der Waals surface area contributed by atoms with Crippen LogP contribution in [0.25, 0.3) is 16.7 Å². The molecule has 2 aromatic rings. The summed E-state index contributed by atoms with van der Waals surface area (Å²) in [5.41, 5.74) is 4.13. The maximum Gasteiger partial charge on any atom is 0.172 e. The normalized spacial score (nSPS) is 12.0. The fourth-order valence-corrected chi connectivity index (χ4v) is 2.79. The van der Waals surface area contributed by atoms with Crippen molar-refractivity contribution in [3.63, 3.8) is 0 Å². The lowest BCUT2D eigenvalue weighted by Gasteiger charge is -2.08. The number of hydrogen-bond donors (Lipinski definition) is 1. The minimum absolute atomic E-state index is 0.0861. The molecule has 0 amide bonds. The summed E-state index contributed by atoms with van der Waals surface area (Å²) in [5, 5.41) is 8.85. The van der Waals surface area contributed by atoms with E-state index in [0.29, 0.717) is 4.48 Å². The maximum absolute atomic E-state index is 11.8. The summed E-state index contributed by atoms with van der Waals surface area (Å²) in [6, 6.07) is 16.2. The van der Waals surface area contributed by atoms with Gasteiger partial charge in [0.05, 0.1) is 11.1 Å². The second-order valence-electron chi connectivity index (χ2n) is 4.92. The third-order valence-corrected chi connectivity index (χ3v) is 4.97. The number of halogens is 2. The number of rotatable bonds is 5. The Balaban J connectivity index is 2.26. The summed E-state index contributed by atoms with van der Waals surface area (Å²) in [4.78, 5) is 11.8. The van der Waals surface area contributed by atoms with Gasteiger partial charge in [-0.1, -0.05) is 52.3 Å². The smallest absolute Gasteiger partial charge is 0.172 e. The predicted octanol–water partition coefficient (Wildman–Crippen LogP) is 5.19. The van der Waals surface area contributed by atoms with Crippen LogP contribution in [0.15, 0.2) is 57.5 Å². The molecule has 0 aliphatic carbocycles. The van der Waals surface area contributed by atoms with E-state index < -0.39 is 0 Å². The van der Waals surface area contributed by atoms with Crippen LogP contribution in [0.3, 0.4) is 0 Å². The van der Waals surface area contributed by atoms with E-state index in [1.807, 2.05) is 43.3 Å². The van der Waals surface area contributed by atoms with Crippen molar-refractivity contribution in [1.82, 2.24) is 0 Å². The van der Waals surface area contributed by atoms with E-state index in [1.165, 1.54) is 0 Å². The molecule has 0 spiro atoms. The Morgan fingerprint density at radius 2 is 1.50 bits per heavy atom. The zero-order valence-electron chi connectivity index (χ0n) is 12.1. The molecule has 0 saturated heterocycles. The van der Waals surface area contributed by atoms with Gasteiger partial charge in [0.15, 0.2) is 5.78 Å². The first kappa shape index (κ1) is 17.1. The van der Waals surface area contributed by atoms with Crippen LogP contribution in [-0.2, 0) is 4.79 Å². The van der Waals surface area contributed by atoms with Crippen LogP contribution in [0.4, 0.5) is 0 Å². The Hall–Kier alpha value is -1.23. The van der Waals surface area contributed by atoms with Gasteiger partial charge in [0.25, 0.3) is 0 Å². The molecule has 0 aliphatic heterocycles. The molecule has 2 rings (SSSR count). The largest absolute Gasteiger partial charge is 0.396 e. The predicted molar refractivity (Wildman–Crippen MR) is 97.8 cm³/mol. The Bertz CT molecular complexity index is 686. The molecule has 0 atom stereocenters. The van der Waals surface area contributed by atoms with Crippen molar-refractivity contribution in [2.75, 3.05) is 6.61 Å². The van der Waals surface area contributed by atoms with E-state index in [4.69, 9.17) is 5.11 Å². The first-order valence-corrected chi connectivity index (χ1v) is 8.48. The molecule has 0 radical (unpaired) electrons. The summed E-state index contributed by atoms with van der Waals surface area (Å²) in [7, 11) is 0. The summed E-state index contributed by atoms with van der Waals surface area (Å²) in [6.07, 6.45) is 0.134. The van der Waals surface area contributed by atoms with E-state index in [0.717, 1.165) is 26.7 Å². The molecule has 0 unspecified atom stereocenters. The summed E-state index contributed by atoms with van der Waals surface area (Å²) in [6.45, 7) is 1.76. The van der Waals surface area contributed by atoms with Crippen LogP contribution >= 0.6 is 31.9 Å². The van der Waals surface area contributed by atoms with Gasteiger partial charge in [0.2, 0.25) is 0 Å². The molecule has 2 aromatic carbocycles. The molecule has 4 heteroatoms. The SMILES string of the molecule is C/C(=C(\Br)C(=O)CCO)c1ccc(-c2ccc(Br)cc2)cc1. The van der Waals surface area contributed by atoms with E-state index in [-0.39, 0.29) is 18.8 Å². The number of hydrogen-bond acceptors (Lipinski definition) is 2. The van der Waals surface area contributed by atoms with Gasteiger partial charge in [-0.2, -0.15) is 0 Å². The van der Waals surface area contributed by atoms with E-state index in [9.17, 15) is 4.79 Å². The number of Topliss-reactive ketones (excluding diaryl/α,β-unsaturated/α-hetero) is 1. The second kappa shape index (κ2) is 7.86. The van der Waals surface area contributed by atoms with Gasteiger partial charge < -0.3 is 5.11 Å². The highest BCUT2D eigenvalue weighted by Gasteiger charge is 2.10. The molecule has 0 fully saturated rings. The van der Waals surface area contributed by atoms with Crippen LogP contribution in [0, 0.1) is 0 Å². The first-order valence-electron chi connectivity index (χ1n) is 6.89. The number of aliphatic hydroxyl groups excluding tert-OH is 1. The minimum Gasteiger partial charge on any atom is -0.396 e. The number of carbonyl (C=O) groups is 1. The highest BCUT2D eigenvalue weighted by molar-refractivity contribution is 9.12. The second-order valence-corrected chi connectivity index (χ2v) is 6.63. The zero-order chi connectivity index (χ0) is 16.1. The maximum atomic E-state index is 11.8. The minimum atomic E-state index is -0.135. The van der Waals surface area contributed by atoms with Gasteiger partial charge in [-0.25, -0.2) is 0 Å². The Morgan fingerprint density at radius 1 is 1.00 bits per heavy atom. The fourth-order valence-electron chi connectivity index (χ4n) is 2.10. The highest BCUT2D eigenvalue weighted by Crippen LogP contribution is 2.27. The standard InChI is InChI=1S/C18H16Br2O2/c1-12(18(20)17(22)10-11-21)13-2-4-14(5-3-13)15-6-8-16(19)9-7-15/h2-9,21H,10-11H2,1H3/b18-12+. The van der Waals surface area contributed by atoms with Gasteiger partial charge in [0.1, 0.15) is 0 Å². The molecule has 0 aromatic heterocycles. The quantitative estimate of drug-likeness (QED) is 0.671. The van der Waals surface area contributed by atoms with Gasteiger partial charge >= 0.3 is 0 Å². The zero-order valence-corrected chi connectivity index (χ0v) is 15.3. The number of aliphatic hydroxyl groups is 1. The van der Waals surface area contributed by atoms with Crippen molar-refractivity contribution in [3.8, 4) is 11.1 Å². The molecule has 0 saturated carbocycles. The van der Waals surface area contributed by atoms with Gasteiger partial charge in [0, 0.05) is 10.9 Å². The van der Waals surface area contributed by atoms with Gasteiger partial charge in [-0.15, -0.1) is 0 Å². The molecule has 114 valence electrons. The molecule has 0 bridgehead atoms. The topological polar surface area (TPSA) is 37.3 Å². The number of benzene rings is 2. The van der Waals surface area contributed by atoms with Crippen LogP contribution in [0.2, 0.25) is 0 Å². The fraction of sp³-hybridized carbons (Fsp3) is 0.167. The number of ketones is 1. The third-order valence-electron chi connectivity index (χ3n) is 3.41. The van der Waals surface area contributed by atoms with Crippen molar-refractivity contribution >= 4 is 43.2 Å². The van der Waals surface area contributed by atoms with E-state index in [1.54, 1.807) is 0 Å². The summed E-state index contributed by atoms with van der Waals surface area (Å²) in [5.74, 6) is -0.0861. The molecule has 0 aliphatic rings. The molecule has 2 nitrogen and oxygen atoms in total. The van der Waals surface area contributed by atoms with E-state index >= 15 is 0 Å². The average molecular weight is 424 g/mol. The lowest BCUT2D eigenvalue weighted by atomic mass is 10.0. The molecule has 1 N–H and O–H groups in total.